The average molecular weight is 459 g/mol. The van der Waals surface area contributed by atoms with Gasteiger partial charge in [0.15, 0.2) is 0 Å². The maximum atomic E-state index is 4.57. The van der Waals surface area contributed by atoms with Gasteiger partial charge < -0.3 is 4.23 Å². The van der Waals surface area contributed by atoms with E-state index in [9.17, 15) is 0 Å². The summed E-state index contributed by atoms with van der Waals surface area (Å²) in [5.41, 5.74) is 1.23. The van der Waals surface area contributed by atoms with E-state index in [0.717, 1.165) is 6.54 Å². The third-order valence-electron chi connectivity index (χ3n) is 7.79. The molecule has 4 heteroatoms. The first-order valence-electron chi connectivity index (χ1n) is 13.1. The van der Waals surface area contributed by atoms with Crippen LogP contribution in [0.4, 0.5) is 0 Å². The molecular weight excluding hydrogens is 408 g/mol. The highest BCUT2D eigenvalue weighted by molar-refractivity contribution is 6.92. The standard InChI is InChI=1S/C27H50N2Si2/c1-7-30(8-2,9-3)29(31(10-4,11-5)12-6)26-19-14-13-18-24-28-25-20-23-27-21-16-15-17-22-27/h15-17,20-23,25H,7-14,18-19,24,26H2,1-6H3. The maximum Gasteiger partial charge on any atom is 0.120 e. The van der Waals surface area contributed by atoms with Crippen LogP contribution in [-0.4, -0.2) is 40.0 Å². The third kappa shape index (κ3) is 8.47. The molecule has 0 aromatic heterocycles. The molecule has 0 atom stereocenters. The summed E-state index contributed by atoms with van der Waals surface area (Å²) in [6, 6.07) is 19.0. The lowest BCUT2D eigenvalue weighted by atomic mass is 10.2. The van der Waals surface area contributed by atoms with Crippen molar-refractivity contribution in [2.75, 3.05) is 13.1 Å². The SMILES string of the molecule is CC[Si](CC)(CC)N(CCCCCCN=CC=Cc1ccccc1)[Si](CC)(CC)CC. The van der Waals surface area contributed by atoms with Crippen LogP contribution in [0.25, 0.3) is 6.08 Å². The Labute approximate surface area is 196 Å². The molecule has 1 aromatic rings. The van der Waals surface area contributed by atoms with E-state index < -0.39 is 16.5 Å². The predicted octanol–water partition coefficient (Wildman–Crippen LogP) is 8.64. The average Bonchev–Trinajstić information content (AvgIpc) is 2.83. The molecule has 0 amide bonds. The predicted molar refractivity (Wildman–Crippen MR) is 148 cm³/mol. The second-order valence-corrected chi connectivity index (χ2v) is 19.6. The van der Waals surface area contributed by atoms with Gasteiger partial charge in [0.25, 0.3) is 0 Å². The lowest BCUT2D eigenvalue weighted by molar-refractivity contribution is 0.521. The van der Waals surface area contributed by atoms with Crippen LogP contribution in [0.2, 0.25) is 36.3 Å². The second kappa shape index (κ2) is 15.8. The lowest BCUT2D eigenvalue weighted by Crippen LogP contribution is -2.66. The highest BCUT2D eigenvalue weighted by atomic mass is 28.4. The third-order valence-corrected chi connectivity index (χ3v) is 21.3. The zero-order valence-electron chi connectivity index (χ0n) is 21.5. The molecule has 0 aliphatic heterocycles. The molecule has 0 aliphatic carbocycles. The number of aliphatic imine (C=N–C) groups is 1. The fourth-order valence-electron chi connectivity index (χ4n) is 5.30. The first-order valence-corrected chi connectivity index (χ1v) is 18.2. The Kier molecular flexibility index (Phi) is 14.3. The largest absolute Gasteiger partial charge is 0.345 e. The normalized spacial score (nSPS) is 13.1. The van der Waals surface area contributed by atoms with Crippen molar-refractivity contribution in [1.82, 2.24) is 4.23 Å². The zero-order valence-corrected chi connectivity index (χ0v) is 23.5. The molecule has 0 saturated carbocycles. The van der Waals surface area contributed by atoms with Gasteiger partial charge in [-0.05, 0) is 67.3 Å². The Bertz CT molecular complexity index is 583. The molecule has 176 valence electrons. The number of unbranched alkanes of at least 4 members (excludes halogenated alkanes) is 3. The molecule has 0 unspecified atom stereocenters. The Morgan fingerprint density at radius 2 is 1.23 bits per heavy atom. The molecular formula is C27H50N2Si2. The van der Waals surface area contributed by atoms with Gasteiger partial charge in [-0.3, -0.25) is 4.99 Å². The van der Waals surface area contributed by atoms with Gasteiger partial charge in [0, 0.05) is 12.8 Å². The van der Waals surface area contributed by atoms with Gasteiger partial charge in [-0.2, -0.15) is 0 Å². The van der Waals surface area contributed by atoms with Crippen LogP contribution >= 0.6 is 0 Å². The highest BCUT2D eigenvalue weighted by Gasteiger charge is 2.45. The minimum Gasteiger partial charge on any atom is -0.345 e. The van der Waals surface area contributed by atoms with Crippen molar-refractivity contribution in [1.29, 1.82) is 0 Å². The summed E-state index contributed by atoms with van der Waals surface area (Å²) < 4.78 is 3.23. The van der Waals surface area contributed by atoms with Crippen molar-refractivity contribution >= 4 is 28.8 Å². The van der Waals surface area contributed by atoms with Crippen molar-refractivity contribution in [2.45, 2.75) is 103 Å². The van der Waals surface area contributed by atoms with Crippen molar-refractivity contribution in [2.24, 2.45) is 4.99 Å². The number of hydrogen-bond acceptors (Lipinski definition) is 2. The van der Waals surface area contributed by atoms with E-state index in [1.165, 1.54) is 74.1 Å². The summed E-state index contributed by atoms with van der Waals surface area (Å²) >= 11 is 0. The number of nitrogens with zero attached hydrogens (tertiary/aromatic N) is 2. The topological polar surface area (TPSA) is 15.6 Å². The van der Waals surface area contributed by atoms with E-state index in [4.69, 9.17) is 0 Å². The minimum atomic E-state index is -1.30. The molecule has 0 spiro atoms. The second-order valence-electron chi connectivity index (χ2n) is 8.96. The minimum absolute atomic E-state index is 0.956. The number of rotatable bonds is 17. The fourth-order valence-corrected chi connectivity index (χ4v) is 18.7. The summed E-state index contributed by atoms with van der Waals surface area (Å²) in [5.74, 6) is 0. The monoisotopic (exact) mass is 458 g/mol. The van der Waals surface area contributed by atoms with Gasteiger partial charge in [0.2, 0.25) is 0 Å². The van der Waals surface area contributed by atoms with Crippen molar-refractivity contribution in [3.63, 3.8) is 0 Å². The van der Waals surface area contributed by atoms with Crippen molar-refractivity contribution in [3.8, 4) is 0 Å². The summed E-state index contributed by atoms with van der Waals surface area (Å²) in [5, 5.41) is 0. The highest BCUT2D eigenvalue weighted by Crippen LogP contribution is 2.36. The molecule has 0 heterocycles. The van der Waals surface area contributed by atoms with E-state index in [0.29, 0.717) is 0 Å². The van der Waals surface area contributed by atoms with Gasteiger partial charge in [0.1, 0.15) is 16.5 Å². The molecule has 0 N–H and O–H groups in total. The van der Waals surface area contributed by atoms with Gasteiger partial charge in [-0.1, -0.05) is 90.8 Å². The van der Waals surface area contributed by atoms with Crippen LogP contribution < -0.4 is 0 Å². The van der Waals surface area contributed by atoms with Crippen LogP contribution in [0.15, 0.2) is 41.4 Å². The summed E-state index contributed by atoms with van der Waals surface area (Å²) in [4.78, 5) is 4.57. The molecule has 0 radical (unpaired) electrons. The molecule has 2 nitrogen and oxygen atoms in total. The van der Waals surface area contributed by atoms with Crippen LogP contribution in [0, 0.1) is 0 Å². The summed E-state index contributed by atoms with van der Waals surface area (Å²) in [7, 11) is -2.60. The van der Waals surface area contributed by atoms with Gasteiger partial charge in [-0.15, -0.1) is 0 Å². The van der Waals surface area contributed by atoms with E-state index in [1.807, 2.05) is 6.21 Å². The Balaban J connectivity index is 2.49. The van der Waals surface area contributed by atoms with E-state index in [2.05, 4.69) is 93.2 Å². The van der Waals surface area contributed by atoms with Crippen LogP contribution in [-0.2, 0) is 0 Å². The fraction of sp³-hybridized carbons (Fsp3) is 0.667. The molecule has 0 bridgehead atoms. The Morgan fingerprint density at radius 3 is 1.74 bits per heavy atom. The van der Waals surface area contributed by atoms with Crippen molar-refractivity contribution in [3.05, 3.63) is 42.0 Å². The van der Waals surface area contributed by atoms with E-state index >= 15 is 0 Å². The Hall–Kier alpha value is -0.976. The molecule has 1 aromatic carbocycles. The van der Waals surface area contributed by atoms with Crippen LogP contribution in [0.5, 0.6) is 0 Å². The smallest absolute Gasteiger partial charge is 0.120 e. The first-order chi connectivity index (χ1) is 15.1. The number of hydrogen-bond donors (Lipinski definition) is 0. The first kappa shape index (κ1) is 28.1. The van der Waals surface area contributed by atoms with E-state index in [-0.39, 0.29) is 0 Å². The summed E-state index contributed by atoms with van der Waals surface area (Å²) in [6.45, 7) is 17.2. The van der Waals surface area contributed by atoms with Crippen LogP contribution in [0.1, 0.15) is 72.8 Å². The maximum absolute atomic E-state index is 4.57. The lowest BCUT2D eigenvalue weighted by Gasteiger charge is -2.52. The van der Waals surface area contributed by atoms with Crippen LogP contribution in [0.3, 0.4) is 0 Å². The molecule has 0 fully saturated rings. The van der Waals surface area contributed by atoms with E-state index in [1.54, 1.807) is 0 Å². The molecule has 31 heavy (non-hydrogen) atoms. The molecule has 0 aliphatic rings. The van der Waals surface area contributed by atoms with Gasteiger partial charge in [0.05, 0.1) is 0 Å². The summed E-state index contributed by atoms with van der Waals surface area (Å²) in [6.07, 6.45) is 11.4. The van der Waals surface area contributed by atoms with Gasteiger partial charge in [-0.25, -0.2) is 0 Å². The Morgan fingerprint density at radius 1 is 0.710 bits per heavy atom. The molecule has 1 rings (SSSR count). The number of allylic oxidation sites excluding steroid dienone is 1. The van der Waals surface area contributed by atoms with Gasteiger partial charge >= 0.3 is 0 Å². The van der Waals surface area contributed by atoms with Crippen molar-refractivity contribution < 1.29 is 0 Å². The number of benzene rings is 1. The molecule has 0 saturated heterocycles. The quantitative estimate of drug-likeness (QED) is 0.129. The zero-order chi connectivity index (χ0) is 23.0.